The number of hydrogen-bond donors (Lipinski definition) is 0. The zero-order chi connectivity index (χ0) is 24.3. The number of hydrogen-bond acceptors (Lipinski definition) is 6. The number of likely N-dealkylation sites (tertiary alicyclic amines) is 1. The minimum absolute atomic E-state index is 0.00316. The topological polar surface area (TPSA) is 85.4 Å². The fraction of sp³-hybridized carbons (Fsp3) is 0.682. The van der Waals surface area contributed by atoms with E-state index in [-0.39, 0.29) is 18.2 Å². The molecule has 0 N–H and O–H groups in total. The molecule has 2 rings (SSSR count). The van der Waals surface area contributed by atoms with Crippen molar-refractivity contribution in [2.45, 2.75) is 64.0 Å². The Bertz CT molecular complexity index is 883. The van der Waals surface area contributed by atoms with Gasteiger partial charge in [0.25, 0.3) is 0 Å². The quantitative estimate of drug-likeness (QED) is 0.521. The van der Waals surface area contributed by atoms with Crippen LogP contribution in [0.5, 0.6) is 5.75 Å². The smallest absolute Gasteiger partial charge is 0.409 e. The van der Waals surface area contributed by atoms with Gasteiger partial charge in [-0.15, -0.1) is 0 Å². The summed E-state index contributed by atoms with van der Waals surface area (Å²) < 4.78 is 43.8. The first-order valence-corrected chi connectivity index (χ1v) is 15.5. The van der Waals surface area contributed by atoms with Crippen molar-refractivity contribution in [1.29, 1.82) is 0 Å². The molecule has 1 saturated heterocycles. The van der Waals surface area contributed by atoms with Gasteiger partial charge in [-0.05, 0) is 42.2 Å². The third-order valence-electron chi connectivity index (χ3n) is 6.63. The van der Waals surface area contributed by atoms with Gasteiger partial charge in [0.15, 0.2) is 8.32 Å². The molecular weight excluding hydrogens is 448 g/mol. The molecule has 1 fully saturated rings. The highest BCUT2D eigenvalue weighted by atomic mass is 32.2. The van der Waals surface area contributed by atoms with Crippen LogP contribution in [0.1, 0.15) is 32.8 Å². The largest absolute Gasteiger partial charge is 0.497 e. The highest BCUT2D eigenvalue weighted by molar-refractivity contribution is 7.88. The van der Waals surface area contributed by atoms with E-state index in [1.165, 1.54) is 17.7 Å². The first-order chi connectivity index (χ1) is 14.7. The molecule has 0 radical (unpaired) electrons. The summed E-state index contributed by atoms with van der Waals surface area (Å²) >= 11 is 0. The van der Waals surface area contributed by atoms with E-state index in [0.29, 0.717) is 18.7 Å². The number of nitrogens with zero attached hydrogens (tertiary/aromatic N) is 2. The Labute approximate surface area is 194 Å². The summed E-state index contributed by atoms with van der Waals surface area (Å²) in [6.07, 6.45) is 1.27. The maximum atomic E-state index is 12.8. The minimum Gasteiger partial charge on any atom is -0.497 e. The van der Waals surface area contributed by atoms with E-state index in [9.17, 15) is 13.2 Å². The number of carbonyl (C=O) groups is 1. The van der Waals surface area contributed by atoms with Gasteiger partial charge in [-0.3, -0.25) is 0 Å². The molecule has 0 unspecified atom stereocenters. The van der Waals surface area contributed by atoms with Crippen LogP contribution >= 0.6 is 0 Å². The average Bonchev–Trinajstić information content (AvgIpc) is 3.12. The molecule has 0 saturated carbocycles. The fourth-order valence-corrected chi connectivity index (χ4v) is 5.76. The first kappa shape index (κ1) is 26.6. The molecule has 1 aliphatic rings. The van der Waals surface area contributed by atoms with E-state index >= 15 is 0 Å². The van der Waals surface area contributed by atoms with E-state index in [0.717, 1.165) is 5.56 Å². The van der Waals surface area contributed by atoms with Crippen molar-refractivity contribution >= 4 is 24.4 Å². The lowest BCUT2D eigenvalue weighted by Gasteiger charge is -2.39. The van der Waals surface area contributed by atoms with Gasteiger partial charge in [0.05, 0.1) is 33.1 Å². The minimum atomic E-state index is -3.55. The van der Waals surface area contributed by atoms with Crippen LogP contribution in [0.3, 0.4) is 0 Å². The Morgan fingerprint density at radius 3 is 2.25 bits per heavy atom. The van der Waals surface area contributed by atoms with E-state index in [1.54, 1.807) is 12.0 Å². The van der Waals surface area contributed by atoms with Gasteiger partial charge < -0.3 is 18.8 Å². The van der Waals surface area contributed by atoms with Crippen molar-refractivity contribution in [2.75, 3.05) is 33.6 Å². The summed E-state index contributed by atoms with van der Waals surface area (Å²) in [5, 5.41) is -0.00316. The molecule has 0 bridgehead atoms. The van der Waals surface area contributed by atoms with Crippen molar-refractivity contribution in [3.05, 3.63) is 29.8 Å². The monoisotopic (exact) mass is 486 g/mol. The van der Waals surface area contributed by atoms with Crippen LogP contribution in [0.4, 0.5) is 4.79 Å². The summed E-state index contributed by atoms with van der Waals surface area (Å²) in [7, 11) is -2.73. The SMILES string of the molecule is COC(=O)N1CC[C@H](N(Cc2ccc(OC)cc2)S(C)(=O)=O)[C@@H]1CO[Si](C)(C)C(C)(C)C. The number of rotatable bonds is 8. The lowest BCUT2D eigenvalue weighted by atomic mass is 10.1. The molecule has 0 aromatic heterocycles. The lowest BCUT2D eigenvalue weighted by molar-refractivity contribution is 0.0898. The number of ether oxygens (including phenoxy) is 2. The van der Waals surface area contributed by atoms with Crippen LogP contribution in [0.2, 0.25) is 18.1 Å². The molecule has 1 aromatic rings. The van der Waals surface area contributed by atoms with Gasteiger partial charge >= 0.3 is 6.09 Å². The molecule has 1 amide bonds. The number of carbonyl (C=O) groups excluding carboxylic acids is 1. The Morgan fingerprint density at radius 1 is 1.19 bits per heavy atom. The summed E-state index contributed by atoms with van der Waals surface area (Å²) in [5.41, 5.74) is 0.844. The maximum Gasteiger partial charge on any atom is 0.409 e. The molecule has 182 valence electrons. The van der Waals surface area contributed by atoms with Crippen LogP contribution in [0.15, 0.2) is 24.3 Å². The average molecular weight is 487 g/mol. The van der Waals surface area contributed by atoms with E-state index in [2.05, 4.69) is 33.9 Å². The summed E-state index contributed by atoms with van der Waals surface area (Å²) in [6.45, 7) is 11.6. The normalized spacial score (nSPS) is 20.0. The second-order valence-electron chi connectivity index (χ2n) is 9.81. The van der Waals surface area contributed by atoms with E-state index in [4.69, 9.17) is 13.9 Å². The Kier molecular flexibility index (Phi) is 8.41. The number of amides is 1. The lowest BCUT2D eigenvalue weighted by Crippen LogP contribution is -2.53. The summed E-state index contributed by atoms with van der Waals surface area (Å²) in [5.74, 6) is 0.707. The van der Waals surface area contributed by atoms with Crippen molar-refractivity contribution < 1.29 is 27.1 Å². The molecule has 1 aromatic carbocycles. The Balaban J connectivity index is 2.35. The predicted octanol–water partition coefficient (Wildman–Crippen LogP) is 3.69. The zero-order valence-electron chi connectivity index (χ0n) is 20.5. The predicted molar refractivity (Wildman–Crippen MR) is 128 cm³/mol. The van der Waals surface area contributed by atoms with Crippen LogP contribution in [0, 0.1) is 0 Å². The van der Waals surface area contributed by atoms with Gasteiger partial charge in [0.1, 0.15) is 5.75 Å². The third-order valence-corrected chi connectivity index (χ3v) is 12.4. The Morgan fingerprint density at radius 2 is 1.78 bits per heavy atom. The molecule has 2 atom stereocenters. The van der Waals surface area contributed by atoms with Crippen LogP contribution in [0.25, 0.3) is 0 Å². The zero-order valence-corrected chi connectivity index (χ0v) is 22.4. The molecule has 32 heavy (non-hydrogen) atoms. The van der Waals surface area contributed by atoms with E-state index in [1.807, 2.05) is 24.3 Å². The second kappa shape index (κ2) is 10.1. The highest BCUT2D eigenvalue weighted by Crippen LogP contribution is 2.37. The molecule has 0 spiro atoms. The molecule has 1 aliphatic heterocycles. The van der Waals surface area contributed by atoms with Gasteiger partial charge in [-0.1, -0.05) is 32.9 Å². The third kappa shape index (κ3) is 6.24. The molecule has 0 aliphatic carbocycles. The standard InChI is InChI=1S/C22H38N2O6SSi/c1-22(2,3)32(7,8)30-16-20-19(13-14-23(20)21(25)29-5)24(31(6,26)27)15-17-9-11-18(28-4)12-10-17/h9-12,19-20H,13-16H2,1-8H3/t19-,20-/m0/s1. The number of sulfonamides is 1. The summed E-state index contributed by atoms with van der Waals surface area (Å²) in [4.78, 5) is 14.1. The molecule has 8 nitrogen and oxygen atoms in total. The van der Waals surface area contributed by atoms with Crippen molar-refractivity contribution in [3.63, 3.8) is 0 Å². The number of benzene rings is 1. The fourth-order valence-electron chi connectivity index (χ4n) is 3.62. The van der Waals surface area contributed by atoms with Gasteiger partial charge in [-0.2, -0.15) is 4.31 Å². The molecule has 10 heteroatoms. The van der Waals surface area contributed by atoms with Crippen LogP contribution < -0.4 is 4.74 Å². The van der Waals surface area contributed by atoms with Crippen LogP contribution in [-0.2, 0) is 25.7 Å². The summed E-state index contributed by atoms with van der Waals surface area (Å²) in [6, 6.07) is 6.49. The van der Waals surface area contributed by atoms with Gasteiger partial charge in [0, 0.05) is 19.1 Å². The molecule has 1 heterocycles. The first-order valence-electron chi connectivity index (χ1n) is 10.8. The van der Waals surface area contributed by atoms with Crippen LogP contribution in [-0.4, -0.2) is 77.7 Å². The maximum absolute atomic E-state index is 12.8. The van der Waals surface area contributed by atoms with Crippen molar-refractivity contribution in [1.82, 2.24) is 9.21 Å². The second-order valence-corrected chi connectivity index (χ2v) is 16.6. The van der Waals surface area contributed by atoms with E-state index < -0.39 is 36.5 Å². The Hall–Kier alpha value is -1.62. The van der Waals surface area contributed by atoms with Gasteiger partial charge in [0.2, 0.25) is 10.0 Å². The van der Waals surface area contributed by atoms with Crippen molar-refractivity contribution in [2.24, 2.45) is 0 Å². The highest BCUT2D eigenvalue weighted by Gasteiger charge is 2.46. The molecular formula is C22H38N2O6SSi. The number of methoxy groups -OCH3 is 2. The van der Waals surface area contributed by atoms with Gasteiger partial charge in [-0.25, -0.2) is 13.2 Å². The van der Waals surface area contributed by atoms with Crippen molar-refractivity contribution in [3.8, 4) is 5.75 Å².